The number of carbonyl (C=O) groups is 1. The van der Waals surface area contributed by atoms with Gasteiger partial charge in [-0.15, -0.1) is 0 Å². The highest BCUT2D eigenvalue weighted by atomic mass is 32.2. The van der Waals surface area contributed by atoms with Gasteiger partial charge < -0.3 is 10.0 Å². The summed E-state index contributed by atoms with van der Waals surface area (Å²) in [6.07, 6.45) is 0.937. The summed E-state index contributed by atoms with van der Waals surface area (Å²) in [4.78, 5) is 14.8. The van der Waals surface area contributed by atoms with E-state index in [0.29, 0.717) is 18.7 Å². The fourth-order valence-corrected chi connectivity index (χ4v) is 5.10. The molecule has 7 heteroatoms. The summed E-state index contributed by atoms with van der Waals surface area (Å²) >= 11 is 0. The van der Waals surface area contributed by atoms with Crippen LogP contribution in [0.4, 0.5) is 0 Å². The first-order chi connectivity index (χ1) is 14.2. The van der Waals surface area contributed by atoms with E-state index < -0.39 is 16.1 Å². The van der Waals surface area contributed by atoms with Crippen molar-refractivity contribution in [1.82, 2.24) is 9.21 Å². The van der Waals surface area contributed by atoms with Crippen molar-refractivity contribution in [3.63, 3.8) is 0 Å². The summed E-state index contributed by atoms with van der Waals surface area (Å²) in [5, 5.41) is 10.6. The Balaban J connectivity index is 1.63. The van der Waals surface area contributed by atoms with Crippen molar-refractivity contribution in [1.29, 1.82) is 0 Å². The van der Waals surface area contributed by atoms with Gasteiger partial charge in [0.1, 0.15) is 0 Å². The number of benzene rings is 2. The average molecular weight is 431 g/mol. The first kappa shape index (κ1) is 22.5. The lowest BCUT2D eigenvalue weighted by Crippen LogP contribution is -2.39. The zero-order chi connectivity index (χ0) is 21.9. The molecule has 1 aliphatic rings. The summed E-state index contributed by atoms with van der Waals surface area (Å²) in [6.45, 7) is 4.77. The molecule has 6 nitrogen and oxygen atoms in total. The third-order valence-electron chi connectivity index (χ3n) is 5.92. The normalized spacial score (nSPS) is 16.8. The van der Waals surface area contributed by atoms with E-state index in [1.807, 2.05) is 44.2 Å². The van der Waals surface area contributed by atoms with Crippen LogP contribution in [0.5, 0.6) is 0 Å². The lowest BCUT2D eigenvalue weighted by Gasteiger charge is -2.34. The van der Waals surface area contributed by atoms with Crippen LogP contribution in [0.15, 0.2) is 59.5 Å². The van der Waals surface area contributed by atoms with Crippen LogP contribution < -0.4 is 0 Å². The molecule has 0 aliphatic carbocycles. The number of carbonyl (C=O) groups excluding carboxylic acids is 1. The largest absolute Gasteiger partial charge is 0.388 e. The molecule has 0 bridgehead atoms. The monoisotopic (exact) mass is 430 g/mol. The van der Waals surface area contributed by atoms with E-state index in [1.54, 1.807) is 24.1 Å². The van der Waals surface area contributed by atoms with Crippen molar-refractivity contribution in [3.8, 4) is 0 Å². The number of amides is 1. The summed E-state index contributed by atoms with van der Waals surface area (Å²) in [6, 6.07) is 15.6. The van der Waals surface area contributed by atoms with E-state index in [0.717, 1.165) is 18.4 Å². The Hall–Kier alpha value is -2.22. The maximum atomic E-state index is 12.9. The van der Waals surface area contributed by atoms with Gasteiger partial charge in [-0.1, -0.05) is 30.3 Å². The lowest BCUT2D eigenvalue weighted by molar-refractivity contribution is 0.0462. The van der Waals surface area contributed by atoms with Crippen LogP contribution in [0.3, 0.4) is 0 Å². The average Bonchev–Trinajstić information content (AvgIpc) is 2.78. The van der Waals surface area contributed by atoms with Crippen LogP contribution in [-0.2, 0) is 10.0 Å². The number of piperidine rings is 1. The first-order valence-electron chi connectivity index (χ1n) is 10.3. The second-order valence-corrected chi connectivity index (χ2v) is 10.1. The van der Waals surface area contributed by atoms with E-state index >= 15 is 0 Å². The van der Waals surface area contributed by atoms with Gasteiger partial charge in [-0.25, -0.2) is 8.42 Å². The van der Waals surface area contributed by atoms with Crippen LogP contribution in [0.25, 0.3) is 0 Å². The number of nitrogens with zero attached hydrogens (tertiary/aromatic N) is 2. The maximum Gasteiger partial charge on any atom is 0.253 e. The summed E-state index contributed by atoms with van der Waals surface area (Å²) < 4.78 is 26.5. The fourth-order valence-electron chi connectivity index (χ4n) is 3.74. The molecule has 2 aromatic rings. The molecule has 1 saturated heterocycles. The van der Waals surface area contributed by atoms with Gasteiger partial charge in [-0.05, 0) is 62.4 Å². The molecule has 0 saturated carbocycles. The smallest absolute Gasteiger partial charge is 0.253 e. The van der Waals surface area contributed by atoms with Crippen LogP contribution >= 0.6 is 0 Å². The summed E-state index contributed by atoms with van der Waals surface area (Å²) in [7, 11) is -2.02. The minimum Gasteiger partial charge on any atom is -0.388 e. The predicted octanol–water partition coefficient (Wildman–Crippen LogP) is 3.30. The molecule has 1 amide bonds. The molecule has 30 heavy (non-hydrogen) atoms. The predicted molar refractivity (Wildman–Crippen MR) is 117 cm³/mol. The van der Waals surface area contributed by atoms with Crippen molar-refractivity contribution in [2.45, 2.75) is 43.7 Å². The van der Waals surface area contributed by atoms with Crippen molar-refractivity contribution in [2.75, 3.05) is 20.1 Å². The van der Waals surface area contributed by atoms with Gasteiger partial charge in [0.15, 0.2) is 0 Å². The Morgan fingerprint density at radius 1 is 1.03 bits per heavy atom. The summed E-state index contributed by atoms with van der Waals surface area (Å²) in [5.41, 5.74) is 1.38. The number of sulfonamides is 1. The van der Waals surface area contributed by atoms with Gasteiger partial charge >= 0.3 is 0 Å². The minimum atomic E-state index is -3.57. The molecule has 1 aliphatic heterocycles. The molecule has 1 N–H and O–H groups in total. The molecule has 0 radical (unpaired) electrons. The third-order valence-corrected chi connectivity index (χ3v) is 7.97. The SMILES string of the molecule is CC(C)N(C)S(=O)(=O)c1ccc(C(=O)N2CCC(C(O)c3ccccc3)CC2)cc1. The van der Waals surface area contributed by atoms with Crippen LogP contribution in [-0.4, -0.2) is 54.8 Å². The first-order valence-corrected chi connectivity index (χ1v) is 11.8. The highest BCUT2D eigenvalue weighted by molar-refractivity contribution is 7.89. The van der Waals surface area contributed by atoms with Gasteiger partial charge in [-0.3, -0.25) is 4.79 Å². The number of rotatable bonds is 6. The molecule has 1 fully saturated rings. The Labute approximate surface area is 179 Å². The second-order valence-electron chi connectivity index (χ2n) is 8.12. The molecular weight excluding hydrogens is 400 g/mol. The molecule has 1 atom stereocenters. The van der Waals surface area contributed by atoms with Crippen molar-refractivity contribution in [3.05, 3.63) is 65.7 Å². The Morgan fingerprint density at radius 2 is 1.60 bits per heavy atom. The number of aliphatic hydroxyl groups excluding tert-OH is 1. The zero-order valence-electron chi connectivity index (χ0n) is 17.7. The highest BCUT2D eigenvalue weighted by Crippen LogP contribution is 2.31. The van der Waals surface area contributed by atoms with Crippen molar-refractivity contribution >= 4 is 15.9 Å². The van der Waals surface area contributed by atoms with E-state index in [9.17, 15) is 18.3 Å². The molecule has 0 aromatic heterocycles. The lowest BCUT2D eigenvalue weighted by atomic mass is 9.87. The van der Waals surface area contributed by atoms with Gasteiger partial charge in [0.05, 0.1) is 11.0 Å². The number of likely N-dealkylation sites (tertiary alicyclic amines) is 1. The molecule has 1 unspecified atom stereocenters. The Morgan fingerprint density at radius 3 is 2.13 bits per heavy atom. The number of hydrogen-bond acceptors (Lipinski definition) is 4. The van der Waals surface area contributed by atoms with E-state index in [4.69, 9.17) is 0 Å². The van der Waals surface area contributed by atoms with E-state index in [2.05, 4.69) is 0 Å². The standard InChI is InChI=1S/C23H30N2O4S/c1-17(2)24(3)30(28,29)21-11-9-20(10-12-21)23(27)25-15-13-19(14-16-25)22(26)18-7-5-4-6-8-18/h4-12,17,19,22,26H,13-16H2,1-3H3. The van der Waals surface area contributed by atoms with Gasteiger partial charge in [0, 0.05) is 31.7 Å². The van der Waals surface area contributed by atoms with Crippen molar-refractivity contribution in [2.24, 2.45) is 5.92 Å². The van der Waals surface area contributed by atoms with Crippen LogP contribution in [0.1, 0.15) is 48.7 Å². The van der Waals surface area contributed by atoms with Gasteiger partial charge in [0.2, 0.25) is 10.0 Å². The van der Waals surface area contributed by atoms with E-state index in [-0.39, 0.29) is 22.8 Å². The quantitative estimate of drug-likeness (QED) is 0.763. The summed E-state index contributed by atoms with van der Waals surface area (Å²) in [5.74, 6) is 0.0133. The zero-order valence-corrected chi connectivity index (χ0v) is 18.5. The molecule has 3 rings (SSSR count). The Kier molecular flexibility index (Phi) is 6.95. The molecular formula is C23H30N2O4S. The van der Waals surface area contributed by atoms with Gasteiger partial charge in [-0.2, -0.15) is 4.31 Å². The Bertz CT molecular complexity index is 950. The highest BCUT2D eigenvalue weighted by Gasteiger charge is 2.29. The maximum absolute atomic E-state index is 12.9. The fraction of sp³-hybridized carbons (Fsp3) is 0.435. The number of hydrogen-bond donors (Lipinski definition) is 1. The van der Waals surface area contributed by atoms with Gasteiger partial charge in [0.25, 0.3) is 5.91 Å². The second kappa shape index (κ2) is 9.29. The van der Waals surface area contributed by atoms with E-state index in [1.165, 1.54) is 16.4 Å². The van der Waals surface area contributed by atoms with Crippen LogP contribution in [0, 0.1) is 5.92 Å². The molecule has 162 valence electrons. The molecule has 2 aromatic carbocycles. The van der Waals surface area contributed by atoms with Crippen molar-refractivity contribution < 1.29 is 18.3 Å². The third kappa shape index (κ3) is 4.74. The number of aliphatic hydroxyl groups is 1. The van der Waals surface area contributed by atoms with Crippen LogP contribution in [0.2, 0.25) is 0 Å². The molecule has 0 spiro atoms. The topological polar surface area (TPSA) is 77.9 Å². The minimum absolute atomic E-state index is 0.108. The molecule has 1 heterocycles.